The number of aryl methyl sites for hydroxylation is 1. The Balaban J connectivity index is 2.15. The van der Waals surface area contributed by atoms with Gasteiger partial charge in [0.25, 0.3) is 0 Å². The van der Waals surface area contributed by atoms with Crippen LogP contribution < -0.4 is 10.0 Å². The Morgan fingerprint density at radius 2 is 2.14 bits per heavy atom. The molecule has 114 valence electrons. The lowest BCUT2D eigenvalue weighted by Crippen LogP contribution is -2.23. The molecule has 0 aliphatic carbocycles. The molecule has 0 aliphatic heterocycles. The first-order valence-corrected chi connectivity index (χ1v) is 8.90. The summed E-state index contributed by atoms with van der Waals surface area (Å²) in [6, 6.07) is 7.05. The Hall–Kier alpha value is -1.28. The first-order valence-electron chi connectivity index (χ1n) is 6.60. The summed E-state index contributed by atoms with van der Waals surface area (Å²) in [6.45, 7) is 4.14. The Bertz CT molecular complexity index is 711. The van der Waals surface area contributed by atoms with Crippen LogP contribution in [0.4, 0.5) is 0 Å². The molecule has 1 aromatic carbocycles. The van der Waals surface area contributed by atoms with E-state index in [1.807, 2.05) is 27.0 Å². The Kier molecular flexibility index (Phi) is 5.10. The van der Waals surface area contributed by atoms with Gasteiger partial charge in [0, 0.05) is 17.1 Å². The predicted molar refractivity (Wildman–Crippen MR) is 84.8 cm³/mol. The molecule has 2 rings (SSSR count). The minimum Gasteiger partial charge on any atom is -0.313 e. The van der Waals surface area contributed by atoms with Gasteiger partial charge in [0.2, 0.25) is 10.0 Å². The van der Waals surface area contributed by atoms with Crippen LogP contribution in [0.1, 0.15) is 28.4 Å². The SMILES string of the molecule is CNC(C)c1cccc(S(=O)(=O)NCc2ncc(C)s2)c1. The van der Waals surface area contributed by atoms with Gasteiger partial charge in [0.15, 0.2) is 0 Å². The zero-order valence-corrected chi connectivity index (χ0v) is 13.9. The molecule has 0 bridgehead atoms. The number of benzene rings is 1. The van der Waals surface area contributed by atoms with E-state index in [0.717, 1.165) is 15.4 Å². The fourth-order valence-electron chi connectivity index (χ4n) is 1.84. The molecule has 1 aromatic heterocycles. The lowest BCUT2D eigenvalue weighted by Gasteiger charge is -2.12. The van der Waals surface area contributed by atoms with Crippen molar-refractivity contribution in [3.63, 3.8) is 0 Å². The molecule has 0 amide bonds. The van der Waals surface area contributed by atoms with Crippen LogP contribution in [0.2, 0.25) is 0 Å². The molecule has 2 aromatic rings. The monoisotopic (exact) mass is 325 g/mol. The van der Waals surface area contributed by atoms with E-state index >= 15 is 0 Å². The first-order chi connectivity index (χ1) is 9.92. The molecular weight excluding hydrogens is 306 g/mol. The van der Waals surface area contributed by atoms with E-state index in [4.69, 9.17) is 0 Å². The molecule has 2 N–H and O–H groups in total. The fraction of sp³-hybridized carbons (Fsp3) is 0.357. The maximum absolute atomic E-state index is 12.3. The second kappa shape index (κ2) is 6.65. The Labute approximate surface area is 129 Å². The molecule has 7 heteroatoms. The van der Waals surface area contributed by atoms with Crippen molar-refractivity contribution in [2.45, 2.75) is 31.3 Å². The van der Waals surface area contributed by atoms with Crippen LogP contribution in [0.3, 0.4) is 0 Å². The van der Waals surface area contributed by atoms with E-state index in [1.54, 1.807) is 24.4 Å². The van der Waals surface area contributed by atoms with Crippen molar-refractivity contribution in [3.8, 4) is 0 Å². The molecule has 1 heterocycles. The molecule has 1 unspecified atom stereocenters. The summed E-state index contributed by atoms with van der Waals surface area (Å²) in [7, 11) is -1.68. The van der Waals surface area contributed by atoms with Crippen molar-refractivity contribution in [2.24, 2.45) is 0 Å². The summed E-state index contributed by atoms with van der Waals surface area (Å²) < 4.78 is 27.2. The van der Waals surface area contributed by atoms with Gasteiger partial charge in [-0.15, -0.1) is 11.3 Å². The van der Waals surface area contributed by atoms with Gasteiger partial charge in [-0.3, -0.25) is 0 Å². The number of nitrogens with zero attached hydrogens (tertiary/aromatic N) is 1. The molecule has 0 aliphatic rings. The standard InChI is InChI=1S/C14H19N3O2S2/c1-10-8-16-14(20-10)9-17-21(18,19)13-6-4-5-12(7-13)11(2)15-3/h4-8,11,15,17H,9H2,1-3H3. The number of rotatable bonds is 6. The molecule has 0 spiro atoms. The Morgan fingerprint density at radius 3 is 2.76 bits per heavy atom. The van der Waals surface area contributed by atoms with E-state index < -0.39 is 10.0 Å². The number of hydrogen-bond donors (Lipinski definition) is 2. The average molecular weight is 325 g/mol. The number of thiazole rings is 1. The molecule has 0 radical (unpaired) electrons. The zero-order valence-electron chi connectivity index (χ0n) is 12.3. The van der Waals surface area contributed by atoms with Crippen LogP contribution in [-0.2, 0) is 16.6 Å². The third-order valence-electron chi connectivity index (χ3n) is 3.18. The van der Waals surface area contributed by atoms with E-state index in [2.05, 4.69) is 15.0 Å². The molecule has 21 heavy (non-hydrogen) atoms. The van der Waals surface area contributed by atoms with Crippen LogP contribution in [-0.4, -0.2) is 20.4 Å². The zero-order chi connectivity index (χ0) is 15.5. The summed E-state index contributed by atoms with van der Waals surface area (Å²) in [6.07, 6.45) is 1.74. The van der Waals surface area contributed by atoms with Crippen LogP contribution in [0.5, 0.6) is 0 Å². The van der Waals surface area contributed by atoms with Crippen LogP contribution >= 0.6 is 11.3 Å². The quantitative estimate of drug-likeness (QED) is 0.854. The van der Waals surface area contributed by atoms with Gasteiger partial charge in [-0.05, 0) is 38.6 Å². The highest BCUT2D eigenvalue weighted by molar-refractivity contribution is 7.89. The summed E-state index contributed by atoms with van der Waals surface area (Å²) in [5.41, 5.74) is 0.936. The third-order valence-corrected chi connectivity index (χ3v) is 5.50. The molecule has 0 saturated carbocycles. The average Bonchev–Trinajstić information content (AvgIpc) is 2.90. The van der Waals surface area contributed by atoms with Gasteiger partial charge >= 0.3 is 0 Å². The van der Waals surface area contributed by atoms with Gasteiger partial charge in [-0.25, -0.2) is 18.1 Å². The molecule has 1 atom stereocenters. The third kappa shape index (κ3) is 4.10. The summed E-state index contributed by atoms with van der Waals surface area (Å²) >= 11 is 1.49. The minimum atomic E-state index is -3.52. The summed E-state index contributed by atoms with van der Waals surface area (Å²) in [5.74, 6) is 0. The fourth-order valence-corrected chi connectivity index (χ4v) is 3.70. The lowest BCUT2D eigenvalue weighted by atomic mass is 10.1. The second-order valence-corrected chi connectivity index (χ2v) is 7.86. The normalized spacial score (nSPS) is 13.3. The van der Waals surface area contributed by atoms with Gasteiger partial charge < -0.3 is 5.32 Å². The molecule has 0 saturated heterocycles. The van der Waals surface area contributed by atoms with Crippen molar-refractivity contribution in [1.82, 2.24) is 15.0 Å². The van der Waals surface area contributed by atoms with Crippen molar-refractivity contribution < 1.29 is 8.42 Å². The van der Waals surface area contributed by atoms with Crippen LogP contribution in [0, 0.1) is 6.92 Å². The maximum Gasteiger partial charge on any atom is 0.240 e. The van der Waals surface area contributed by atoms with Crippen LogP contribution in [0.25, 0.3) is 0 Å². The van der Waals surface area contributed by atoms with Crippen LogP contribution in [0.15, 0.2) is 35.4 Å². The summed E-state index contributed by atoms with van der Waals surface area (Å²) in [5, 5.41) is 3.86. The smallest absolute Gasteiger partial charge is 0.240 e. The second-order valence-electron chi connectivity index (χ2n) is 4.77. The van der Waals surface area contributed by atoms with E-state index in [-0.39, 0.29) is 17.5 Å². The lowest BCUT2D eigenvalue weighted by molar-refractivity contribution is 0.580. The Morgan fingerprint density at radius 1 is 1.38 bits per heavy atom. The van der Waals surface area contributed by atoms with Crippen molar-refractivity contribution in [2.75, 3.05) is 7.05 Å². The number of nitrogens with one attached hydrogen (secondary N) is 2. The molecular formula is C14H19N3O2S2. The van der Waals surface area contributed by atoms with E-state index in [0.29, 0.717) is 0 Å². The highest BCUT2D eigenvalue weighted by Gasteiger charge is 2.16. The van der Waals surface area contributed by atoms with Crippen molar-refractivity contribution in [3.05, 3.63) is 45.9 Å². The van der Waals surface area contributed by atoms with Gasteiger partial charge in [0.05, 0.1) is 11.4 Å². The van der Waals surface area contributed by atoms with E-state index in [9.17, 15) is 8.42 Å². The summed E-state index contributed by atoms with van der Waals surface area (Å²) in [4.78, 5) is 5.49. The highest BCUT2D eigenvalue weighted by atomic mass is 32.2. The van der Waals surface area contributed by atoms with Crippen molar-refractivity contribution >= 4 is 21.4 Å². The molecule has 5 nitrogen and oxygen atoms in total. The van der Waals surface area contributed by atoms with Gasteiger partial charge in [-0.2, -0.15) is 0 Å². The number of hydrogen-bond acceptors (Lipinski definition) is 5. The topological polar surface area (TPSA) is 71.1 Å². The number of sulfonamides is 1. The maximum atomic E-state index is 12.3. The van der Waals surface area contributed by atoms with Gasteiger partial charge in [0.1, 0.15) is 5.01 Å². The first kappa shape index (κ1) is 16.1. The predicted octanol–water partition coefficient (Wildman–Crippen LogP) is 2.21. The molecule has 0 fully saturated rings. The van der Waals surface area contributed by atoms with Gasteiger partial charge in [-0.1, -0.05) is 12.1 Å². The highest BCUT2D eigenvalue weighted by Crippen LogP contribution is 2.18. The minimum absolute atomic E-state index is 0.0989. The largest absolute Gasteiger partial charge is 0.313 e. The van der Waals surface area contributed by atoms with E-state index in [1.165, 1.54) is 11.3 Å². The number of aromatic nitrogens is 1. The van der Waals surface area contributed by atoms with Crippen molar-refractivity contribution in [1.29, 1.82) is 0 Å².